The van der Waals surface area contributed by atoms with E-state index in [9.17, 15) is 4.79 Å². The molecule has 144 valence electrons. The number of carbonyl (C=O) groups excluding carboxylic acids is 1. The van der Waals surface area contributed by atoms with Crippen molar-refractivity contribution in [2.45, 2.75) is 6.54 Å². The fraction of sp³-hybridized carbons (Fsp3) is 0.286. The van der Waals surface area contributed by atoms with Gasteiger partial charge in [-0.1, -0.05) is 12.1 Å². The summed E-state index contributed by atoms with van der Waals surface area (Å²) in [4.78, 5) is 21.5. The molecule has 1 aliphatic heterocycles. The molecule has 1 aliphatic rings. The first-order chi connectivity index (χ1) is 13.7. The Morgan fingerprint density at radius 2 is 1.96 bits per heavy atom. The average Bonchev–Trinajstić information content (AvgIpc) is 3.21. The van der Waals surface area contributed by atoms with Gasteiger partial charge in [0.2, 0.25) is 0 Å². The van der Waals surface area contributed by atoms with E-state index in [0.29, 0.717) is 5.56 Å². The van der Waals surface area contributed by atoms with Crippen LogP contribution >= 0.6 is 0 Å². The second-order valence-corrected chi connectivity index (χ2v) is 7.12. The number of pyridine rings is 1. The Bertz CT molecular complexity index is 931. The predicted molar refractivity (Wildman–Crippen MR) is 109 cm³/mol. The van der Waals surface area contributed by atoms with Crippen LogP contribution < -0.4 is 5.32 Å². The number of carbonyl (C=O) groups is 1. The van der Waals surface area contributed by atoms with Gasteiger partial charge in [-0.3, -0.25) is 14.7 Å². The molecule has 0 saturated carbocycles. The second kappa shape index (κ2) is 8.33. The van der Waals surface area contributed by atoms with E-state index in [1.54, 1.807) is 29.5 Å². The number of nitrogens with zero attached hydrogens (tertiary/aromatic N) is 5. The molecule has 1 amide bonds. The first kappa shape index (κ1) is 18.3. The highest BCUT2D eigenvalue weighted by atomic mass is 16.1. The quantitative estimate of drug-likeness (QED) is 0.740. The minimum absolute atomic E-state index is 0.174. The van der Waals surface area contributed by atoms with Crippen LogP contribution in [0.5, 0.6) is 0 Å². The van der Waals surface area contributed by atoms with E-state index in [2.05, 4.69) is 38.3 Å². The van der Waals surface area contributed by atoms with Gasteiger partial charge in [-0.25, -0.2) is 4.68 Å². The number of rotatable bonds is 5. The first-order valence-corrected chi connectivity index (χ1v) is 9.44. The Labute approximate surface area is 164 Å². The van der Waals surface area contributed by atoms with Crippen molar-refractivity contribution >= 4 is 11.6 Å². The van der Waals surface area contributed by atoms with E-state index in [1.807, 2.05) is 30.3 Å². The molecule has 1 N–H and O–H groups in total. The average molecular weight is 376 g/mol. The van der Waals surface area contributed by atoms with Crippen LogP contribution in [0.1, 0.15) is 15.9 Å². The summed E-state index contributed by atoms with van der Waals surface area (Å²) in [5.74, 6) is -0.174. The maximum Gasteiger partial charge on any atom is 0.258 e. The number of benzene rings is 1. The van der Waals surface area contributed by atoms with Gasteiger partial charge in [0.1, 0.15) is 0 Å². The summed E-state index contributed by atoms with van der Waals surface area (Å²) < 4.78 is 1.64. The van der Waals surface area contributed by atoms with Crippen molar-refractivity contribution in [1.82, 2.24) is 24.6 Å². The predicted octanol–water partition coefficient (Wildman–Crippen LogP) is 2.27. The Morgan fingerprint density at radius 3 is 2.75 bits per heavy atom. The largest absolute Gasteiger partial charge is 0.322 e. The Kier molecular flexibility index (Phi) is 5.45. The van der Waals surface area contributed by atoms with Crippen molar-refractivity contribution in [3.05, 3.63) is 72.3 Å². The summed E-state index contributed by atoms with van der Waals surface area (Å²) in [5, 5.41) is 7.23. The summed E-state index contributed by atoms with van der Waals surface area (Å²) in [7, 11) is 2.16. The number of piperazine rings is 1. The third-order valence-corrected chi connectivity index (χ3v) is 4.94. The number of nitrogens with one attached hydrogen (secondary N) is 1. The first-order valence-electron chi connectivity index (χ1n) is 9.44. The Morgan fingerprint density at radius 1 is 1.11 bits per heavy atom. The van der Waals surface area contributed by atoms with Crippen molar-refractivity contribution in [3.8, 4) is 5.69 Å². The highest BCUT2D eigenvalue weighted by Gasteiger charge is 2.14. The molecule has 0 unspecified atom stereocenters. The molecule has 3 heterocycles. The maximum atomic E-state index is 12.6. The molecule has 1 aromatic carbocycles. The number of likely N-dealkylation sites (N-methyl/N-ethyl adjacent to an activating group) is 1. The van der Waals surface area contributed by atoms with Crippen LogP contribution in [0.3, 0.4) is 0 Å². The van der Waals surface area contributed by atoms with Gasteiger partial charge in [0, 0.05) is 50.8 Å². The van der Waals surface area contributed by atoms with Gasteiger partial charge in [-0.2, -0.15) is 5.10 Å². The van der Waals surface area contributed by atoms with Crippen molar-refractivity contribution in [3.63, 3.8) is 0 Å². The van der Waals surface area contributed by atoms with Crippen LogP contribution in [-0.4, -0.2) is 63.7 Å². The fourth-order valence-electron chi connectivity index (χ4n) is 3.29. The van der Waals surface area contributed by atoms with Crippen LogP contribution in [0.25, 0.3) is 5.69 Å². The molecule has 1 saturated heterocycles. The van der Waals surface area contributed by atoms with Gasteiger partial charge in [0.05, 0.1) is 23.6 Å². The number of hydrogen-bond acceptors (Lipinski definition) is 5. The zero-order chi connectivity index (χ0) is 19.3. The molecule has 2 aromatic heterocycles. The van der Waals surface area contributed by atoms with Crippen LogP contribution in [0, 0.1) is 0 Å². The van der Waals surface area contributed by atoms with E-state index in [0.717, 1.165) is 44.1 Å². The normalized spacial score (nSPS) is 15.5. The van der Waals surface area contributed by atoms with E-state index < -0.39 is 0 Å². The summed E-state index contributed by atoms with van der Waals surface area (Å²) in [6, 6.07) is 11.8. The van der Waals surface area contributed by atoms with Crippen molar-refractivity contribution in [1.29, 1.82) is 0 Å². The molecule has 0 bridgehead atoms. The SMILES string of the molecule is CN1CCN(Cc2cccc(NC(=O)c3cnn(-c4cccnc4)c3)c2)CC1. The third kappa shape index (κ3) is 4.44. The summed E-state index contributed by atoms with van der Waals surface area (Å²) in [5.41, 5.74) is 3.32. The zero-order valence-electron chi connectivity index (χ0n) is 16.0. The number of hydrogen-bond donors (Lipinski definition) is 1. The highest BCUT2D eigenvalue weighted by Crippen LogP contribution is 2.15. The molecule has 28 heavy (non-hydrogen) atoms. The minimum atomic E-state index is -0.174. The smallest absolute Gasteiger partial charge is 0.258 e. The molecule has 7 nitrogen and oxygen atoms in total. The van der Waals surface area contributed by atoms with Crippen LogP contribution in [0.2, 0.25) is 0 Å². The second-order valence-electron chi connectivity index (χ2n) is 7.12. The minimum Gasteiger partial charge on any atom is -0.322 e. The lowest BCUT2D eigenvalue weighted by atomic mass is 10.1. The standard InChI is InChI=1S/C21H24N6O/c1-25-8-10-26(11-9-25)15-17-4-2-5-19(12-17)24-21(28)18-13-23-27(16-18)20-6-3-7-22-14-20/h2-7,12-14,16H,8-11,15H2,1H3,(H,24,28). The van der Waals surface area contributed by atoms with Gasteiger partial charge in [0.15, 0.2) is 0 Å². The monoisotopic (exact) mass is 376 g/mol. The topological polar surface area (TPSA) is 66.3 Å². The molecule has 0 radical (unpaired) electrons. The molecule has 1 fully saturated rings. The lowest BCUT2D eigenvalue weighted by Crippen LogP contribution is -2.43. The molecular formula is C21H24N6O. The zero-order valence-corrected chi connectivity index (χ0v) is 16.0. The van der Waals surface area contributed by atoms with Crippen molar-refractivity contribution in [2.75, 3.05) is 38.5 Å². The fourth-order valence-corrected chi connectivity index (χ4v) is 3.29. The maximum absolute atomic E-state index is 12.6. The number of anilines is 1. The summed E-state index contributed by atoms with van der Waals surface area (Å²) >= 11 is 0. The number of aromatic nitrogens is 3. The van der Waals surface area contributed by atoms with Gasteiger partial charge in [0.25, 0.3) is 5.91 Å². The van der Waals surface area contributed by atoms with Gasteiger partial charge in [-0.15, -0.1) is 0 Å². The molecule has 0 aliphatic carbocycles. The molecular weight excluding hydrogens is 352 g/mol. The van der Waals surface area contributed by atoms with Crippen LogP contribution in [0.15, 0.2) is 61.2 Å². The molecule has 4 rings (SSSR count). The Hall–Kier alpha value is -3.03. The highest BCUT2D eigenvalue weighted by molar-refractivity contribution is 6.04. The number of amides is 1. The molecule has 7 heteroatoms. The van der Waals surface area contributed by atoms with Crippen LogP contribution in [-0.2, 0) is 6.54 Å². The molecule has 0 spiro atoms. The van der Waals surface area contributed by atoms with Crippen LogP contribution in [0.4, 0.5) is 5.69 Å². The van der Waals surface area contributed by atoms with E-state index in [1.165, 1.54) is 5.56 Å². The van der Waals surface area contributed by atoms with Crippen molar-refractivity contribution < 1.29 is 4.79 Å². The lowest BCUT2D eigenvalue weighted by molar-refractivity contribution is 0.102. The van der Waals surface area contributed by atoms with E-state index in [4.69, 9.17) is 0 Å². The molecule has 3 aromatic rings. The van der Waals surface area contributed by atoms with Gasteiger partial charge >= 0.3 is 0 Å². The Balaban J connectivity index is 1.40. The molecule has 0 atom stereocenters. The summed E-state index contributed by atoms with van der Waals surface area (Å²) in [6.45, 7) is 5.23. The van der Waals surface area contributed by atoms with E-state index >= 15 is 0 Å². The van der Waals surface area contributed by atoms with Crippen molar-refractivity contribution in [2.24, 2.45) is 0 Å². The van der Waals surface area contributed by atoms with Gasteiger partial charge in [-0.05, 0) is 36.9 Å². The summed E-state index contributed by atoms with van der Waals surface area (Å²) in [6.07, 6.45) is 6.68. The third-order valence-electron chi connectivity index (χ3n) is 4.94. The lowest BCUT2D eigenvalue weighted by Gasteiger charge is -2.32. The van der Waals surface area contributed by atoms with E-state index in [-0.39, 0.29) is 5.91 Å². The van der Waals surface area contributed by atoms with Gasteiger partial charge < -0.3 is 10.2 Å².